The molecule has 148 valence electrons. The third-order valence-corrected chi connectivity index (χ3v) is 5.00. The van der Waals surface area contributed by atoms with Crippen molar-refractivity contribution >= 4 is 33.5 Å². The number of aromatic amines is 2. The summed E-state index contributed by atoms with van der Waals surface area (Å²) in [5.41, 5.74) is 2.21. The summed E-state index contributed by atoms with van der Waals surface area (Å²) in [6.07, 6.45) is 3.05. The molecule has 0 saturated heterocycles. The van der Waals surface area contributed by atoms with Crippen molar-refractivity contribution in [1.82, 2.24) is 24.9 Å². The van der Waals surface area contributed by atoms with Crippen LogP contribution >= 0.6 is 11.6 Å². The molecule has 0 radical (unpaired) electrons. The number of benzene rings is 1. The summed E-state index contributed by atoms with van der Waals surface area (Å²) >= 11 is 5.93. The molecule has 1 aromatic carbocycles. The first-order valence-corrected chi connectivity index (χ1v) is 9.29. The zero-order valence-electron chi connectivity index (χ0n) is 15.5. The van der Waals surface area contributed by atoms with Crippen LogP contribution in [0.1, 0.15) is 0 Å². The van der Waals surface area contributed by atoms with Crippen LogP contribution in [0, 0.1) is 5.82 Å². The lowest BCUT2D eigenvalue weighted by atomic mass is 10.0. The topological polar surface area (TPSA) is 96.6 Å². The Morgan fingerprint density at radius 1 is 1.10 bits per heavy atom. The van der Waals surface area contributed by atoms with E-state index in [9.17, 15) is 9.18 Å². The predicted octanol–water partition coefficient (Wildman–Crippen LogP) is 4.33. The van der Waals surface area contributed by atoms with Gasteiger partial charge in [0, 0.05) is 17.6 Å². The van der Waals surface area contributed by atoms with Crippen LogP contribution in [0.15, 0.2) is 53.6 Å². The second-order valence-electron chi connectivity index (χ2n) is 6.56. The minimum atomic E-state index is -0.480. The van der Waals surface area contributed by atoms with Gasteiger partial charge in [0.05, 0.1) is 46.7 Å². The smallest absolute Gasteiger partial charge is 0.259 e. The highest BCUT2D eigenvalue weighted by Crippen LogP contribution is 2.35. The first-order valence-electron chi connectivity index (χ1n) is 8.91. The molecule has 7 nitrogen and oxygen atoms in total. The predicted molar refractivity (Wildman–Crippen MR) is 112 cm³/mol. The largest absolute Gasteiger partial charge is 0.496 e. The zero-order chi connectivity index (χ0) is 20.8. The van der Waals surface area contributed by atoms with Gasteiger partial charge in [-0.15, -0.1) is 0 Å². The highest BCUT2D eigenvalue weighted by molar-refractivity contribution is 6.29. The summed E-state index contributed by atoms with van der Waals surface area (Å²) in [7, 11) is 1.46. The maximum absolute atomic E-state index is 14.7. The molecule has 9 heteroatoms. The number of hydrogen-bond acceptors (Lipinski definition) is 5. The number of halogens is 2. The maximum Gasteiger partial charge on any atom is 0.259 e. The summed E-state index contributed by atoms with van der Waals surface area (Å²) in [6, 6.07) is 9.43. The van der Waals surface area contributed by atoms with Crippen LogP contribution in [-0.4, -0.2) is 32.0 Å². The number of rotatable bonds is 3. The molecule has 0 aliphatic carbocycles. The highest BCUT2D eigenvalue weighted by Gasteiger charge is 2.18. The summed E-state index contributed by atoms with van der Waals surface area (Å²) < 4.78 is 20.0. The molecule has 5 aromatic rings. The second-order valence-corrected chi connectivity index (χ2v) is 6.95. The number of hydrogen-bond donors (Lipinski definition) is 2. The van der Waals surface area contributed by atoms with Gasteiger partial charge < -0.3 is 14.7 Å². The van der Waals surface area contributed by atoms with Crippen molar-refractivity contribution in [3.8, 4) is 28.4 Å². The zero-order valence-corrected chi connectivity index (χ0v) is 16.3. The molecule has 0 aliphatic heterocycles. The molecule has 5 rings (SSSR count). The number of nitrogens with one attached hydrogen (secondary N) is 2. The minimum Gasteiger partial charge on any atom is -0.496 e. The lowest BCUT2D eigenvalue weighted by Crippen LogP contribution is -2.10. The monoisotopic (exact) mass is 421 g/mol. The highest BCUT2D eigenvalue weighted by atomic mass is 35.5. The van der Waals surface area contributed by atoms with E-state index in [4.69, 9.17) is 16.3 Å². The number of imidazole rings is 1. The molecule has 4 aromatic heterocycles. The molecule has 2 N–H and O–H groups in total. The Morgan fingerprint density at radius 3 is 2.80 bits per heavy atom. The van der Waals surface area contributed by atoms with Crippen molar-refractivity contribution in [3.05, 3.63) is 70.1 Å². The first kappa shape index (κ1) is 18.3. The molecule has 0 amide bonds. The Balaban J connectivity index is 1.79. The quantitative estimate of drug-likeness (QED) is 0.423. The van der Waals surface area contributed by atoms with Gasteiger partial charge in [-0.05, 0) is 24.3 Å². The molecule has 0 saturated carbocycles. The van der Waals surface area contributed by atoms with Crippen LogP contribution in [0.25, 0.3) is 44.6 Å². The fraction of sp³-hybridized carbons (Fsp3) is 0.0476. The summed E-state index contributed by atoms with van der Waals surface area (Å²) in [5.74, 6) is 0.200. The SMILES string of the molecule is COc1cccc(F)c1-c1nccc2[nH]c(=O)c(-c3nc4cc(Cl)ncc4[nH]3)cc12. The number of pyridine rings is 3. The van der Waals surface area contributed by atoms with Crippen molar-refractivity contribution in [1.29, 1.82) is 0 Å². The van der Waals surface area contributed by atoms with Crippen LogP contribution in [-0.2, 0) is 0 Å². The van der Waals surface area contributed by atoms with Crippen molar-refractivity contribution in [2.75, 3.05) is 7.11 Å². The van der Waals surface area contributed by atoms with E-state index in [0.29, 0.717) is 44.4 Å². The van der Waals surface area contributed by atoms with Crippen LogP contribution in [0.3, 0.4) is 0 Å². The third kappa shape index (κ3) is 2.89. The van der Waals surface area contributed by atoms with Gasteiger partial charge in [0.1, 0.15) is 22.5 Å². The third-order valence-electron chi connectivity index (χ3n) is 4.79. The van der Waals surface area contributed by atoms with E-state index in [1.165, 1.54) is 19.4 Å². The van der Waals surface area contributed by atoms with E-state index in [0.717, 1.165) is 0 Å². The molecule has 0 aliphatic rings. The molecule has 0 fully saturated rings. The standard InChI is InChI=1S/C21H13ClFN5O2/c1-30-16-4-2-3-12(23)18(16)19-10-7-11(21(29)28-13(10)5-6-24-19)20-26-14-8-17(22)25-9-15(14)27-20/h2-9H,1H3,(H,26,27)(H,28,29). The van der Waals surface area contributed by atoms with Crippen LogP contribution in [0.4, 0.5) is 4.39 Å². The van der Waals surface area contributed by atoms with Gasteiger partial charge in [0.15, 0.2) is 0 Å². The molecule has 0 bridgehead atoms. The number of ether oxygens (including phenoxy) is 1. The Hall–Kier alpha value is -3.78. The molecule has 4 heterocycles. The molecule has 0 spiro atoms. The van der Waals surface area contributed by atoms with Gasteiger partial charge in [-0.2, -0.15) is 0 Å². The molecule has 0 atom stereocenters. The van der Waals surface area contributed by atoms with Crippen LogP contribution < -0.4 is 10.3 Å². The van der Waals surface area contributed by atoms with Gasteiger partial charge in [-0.3, -0.25) is 9.78 Å². The summed E-state index contributed by atoms with van der Waals surface area (Å²) in [5, 5.41) is 0.846. The molecule has 30 heavy (non-hydrogen) atoms. The maximum atomic E-state index is 14.7. The molecular formula is C21H13ClFN5O2. The average Bonchev–Trinajstić information content (AvgIpc) is 3.15. The Labute approximate surface area is 173 Å². The number of fused-ring (bicyclic) bond motifs is 2. The van der Waals surface area contributed by atoms with Crippen LogP contribution in [0.5, 0.6) is 5.75 Å². The van der Waals surface area contributed by atoms with E-state index >= 15 is 0 Å². The lowest BCUT2D eigenvalue weighted by molar-refractivity contribution is 0.413. The van der Waals surface area contributed by atoms with Gasteiger partial charge in [0.2, 0.25) is 0 Å². The molecule has 0 unspecified atom stereocenters. The van der Waals surface area contributed by atoms with E-state index < -0.39 is 5.82 Å². The Morgan fingerprint density at radius 2 is 1.97 bits per heavy atom. The number of H-pyrrole nitrogens is 2. The van der Waals surface area contributed by atoms with Crippen LogP contribution in [0.2, 0.25) is 5.15 Å². The van der Waals surface area contributed by atoms with Gasteiger partial charge in [0.25, 0.3) is 5.56 Å². The number of aromatic nitrogens is 5. The number of nitrogens with zero attached hydrogens (tertiary/aromatic N) is 3. The van der Waals surface area contributed by atoms with E-state index in [2.05, 4.69) is 24.9 Å². The fourth-order valence-electron chi connectivity index (χ4n) is 3.42. The normalized spacial score (nSPS) is 11.3. The van der Waals surface area contributed by atoms with Gasteiger partial charge >= 0.3 is 0 Å². The van der Waals surface area contributed by atoms with Gasteiger partial charge in [-0.25, -0.2) is 14.4 Å². The first-order chi connectivity index (χ1) is 14.5. The summed E-state index contributed by atoms with van der Waals surface area (Å²) in [4.78, 5) is 31.4. The van der Waals surface area contributed by atoms with Gasteiger partial charge in [-0.1, -0.05) is 17.7 Å². The number of methoxy groups -OCH3 is 1. The van der Waals surface area contributed by atoms with Crippen molar-refractivity contribution in [2.45, 2.75) is 0 Å². The van der Waals surface area contributed by atoms with E-state index in [1.807, 2.05) is 0 Å². The average molecular weight is 422 g/mol. The Bertz CT molecular complexity index is 1490. The molecular weight excluding hydrogens is 409 g/mol. The fourth-order valence-corrected chi connectivity index (χ4v) is 3.57. The minimum absolute atomic E-state index is 0.212. The van der Waals surface area contributed by atoms with E-state index in [-0.39, 0.29) is 16.7 Å². The lowest BCUT2D eigenvalue weighted by Gasteiger charge is -2.11. The van der Waals surface area contributed by atoms with Crippen molar-refractivity contribution in [3.63, 3.8) is 0 Å². The van der Waals surface area contributed by atoms with Crippen molar-refractivity contribution in [2.24, 2.45) is 0 Å². The van der Waals surface area contributed by atoms with E-state index in [1.54, 1.807) is 36.5 Å². The summed E-state index contributed by atoms with van der Waals surface area (Å²) in [6.45, 7) is 0. The Kier molecular flexibility index (Phi) is 4.22. The van der Waals surface area contributed by atoms with Crippen molar-refractivity contribution < 1.29 is 9.13 Å². The second kappa shape index (κ2) is 6.93.